The van der Waals surface area contributed by atoms with Crippen LogP contribution in [0.4, 0.5) is 11.5 Å². The highest BCUT2D eigenvalue weighted by atomic mass is 16.2. The number of nitrogens with two attached hydrogens (primary N) is 2. The Morgan fingerprint density at radius 2 is 1.93 bits per heavy atom. The number of nitrogen functional groups attached to an aromatic ring is 1. The Morgan fingerprint density at radius 1 is 1.17 bits per heavy atom. The Labute approximate surface area is 269 Å². The number of carbonyl (C=O) groups is 2. The topological polar surface area (TPSA) is 206 Å². The second-order valence-electron chi connectivity index (χ2n) is 11.0. The molecule has 1 atom stereocenters. The van der Waals surface area contributed by atoms with Crippen LogP contribution in [0.1, 0.15) is 36.6 Å². The van der Waals surface area contributed by atoms with E-state index < -0.39 is 0 Å². The Balaban J connectivity index is 1.33. The molecule has 2 aliphatic heterocycles. The number of anilines is 2. The van der Waals surface area contributed by atoms with E-state index in [9.17, 15) is 9.59 Å². The predicted molar refractivity (Wildman–Crippen MR) is 184 cm³/mol. The lowest BCUT2D eigenvalue weighted by Crippen LogP contribution is -2.42. The molecule has 2 aliphatic rings. The number of pyridine rings is 1. The van der Waals surface area contributed by atoms with Crippen LogP contribution in [0, 0.1) is 16.7 Å². The van der Waals surface area contributed by atoms with Gasteiger partial charge in [0.25, 0.3) is 0 Å². The number of hydrogen-bond donors (Lipinski definition) is 5. The van der Waals surface area contributed by atoms with E-state index in [1.165, 1.54) is 18.1 Å². The van der Waals surface area contributed by atoms with Crippen LogP contribution in [-0.4, -0.2) is 110 Å². The van der Waals surface area contributed by atoms with E-state index in [0.717, 1.165) is 17.5 Å². The number of rotatable bonds is 12. The molecular formula is C32H42N12O2. The second-order valence-corrected chi connectivity index (χ2v) is 11.0. The third-order valence-corrected chi connectivity index (χ3v) is 8.01. The molecule has 0 saturated carbocycles. The van der Waals surface area contributed by atoms with Gasteiger partial charge in [0.05, 0.1) is 24.4 Å². The summed E-state index contributed by atoms with van der Waals surface area (Å²) in [6.45, 7) is 4.76. The van der Waals surface area contributed by atoms with E-state index >= 15 is 0 Å². The Kier molecular flexibility index (Phi) is 11.5. The number of hydrogen-bond acceptors (Lipinski definition) is 10. The number of benzene rings is 1. The molecule has 0 unspecified atom stereocenters. The third-order valence-electron chi connectivity index (χ3n) is 8.01. The predicted octanol–water partition coefficient (Wildman–Crippen LogP) is 1.61. The minimum atomic E-state index is -0.291. The first-order valence-corrected chi connectivity index (χ1v) is 15.2. The van der Waals surface area contributed by atoms with Crippen molar-refractivity contribution in [2.24, 2.45) is 26.7 Å². The van der Waals surface area contributed by atoms with Crippen molar-refractivity contribution in [1.82, 2.24) is 20.2 Å². The van der Waals surface area contributed by atoms with Crippen LogP contribution in [0.25, 0.3) is 5.57 Å². The van der Waals surface area contributed by atoms with Crippen LogP contribution in [0.5, 0.6) is 0 Å². The van der Waals surface area contributed by atoms with Gasteiger partial charge in [-0.25, -0.2) is 9.98 Å². The van der Waals surface area contributed by atoms with E-state index in [1.54, 1.807) is 31.1 Å². The normalized spacial score (nSPS) is 17.4. The molecule has 1 aromatic carbocycles. The van der Waals surface area contributed by atoms with Gasteiger partial charge in [0.15, 0.2) is 0 Å². The second kappa shape index (κ2) is 15.7. The minimum Gasteiger partial charge on any atom is -0.397 e. The molecule has 0 radical (unpaired) electrons. The number of amides is 2. The molecule has 0 bridgehead atoms. The summed E-state index contributed by atoms with van der Waals surface area (Å²) in [5, 5.41) is 20.2. The highest BCUT2D eigenvalue weighted by molar-refractivity contribution is 6.64. The van der Waals surface area contributed by atoms with Gasteiger partial charge in [-0.1, -0.05) is 30.3 Å². The molecule has 14 heteroatoms. The van der Waals surface area contributed by atoms with Crippen molar-refractivity contribution in [2.45, 2.75) is 19.8 Å². The molecule has 242 valence electrons. The maximum absolute atomic E-state index is 13.6. The average Bonchev–Trinajstić information content (AvgIpc) is 3.55. The van der Waals surface area contributed by atoms with Crippen LogP contribution in [0.3, 0.4) is 0 Å². The number of nitrogens with one attached hydrogen (secondary N) is 3. The van der Waals surface area contributed by atoms with Crippen molar-refractivity contribution >= 4 is 58.7 Å². The summed E-state index contributed by atoms with van der Waals surface area (Å²) < 4.78 is 0. The molecule has 1 aromatic heterocycles. The van der Waals surface area contributed by atoms with E-state index in [2.05, 4.69) is 31.6 Å². The zero-order valence-corrected chi connectivity index (χ0v) is 26.5. The quantitative estimate of drug-likeness (QED) is 0.134. The van der Waals surface area contributed by atoms with Gasteiger partial charge in [0, 0.05) is 45.8 Å². The molecule has 3 heterocycles. The molecule has 7 N–H and O–H groups in total. The third kappa shape index (κ3) is 8.07. The van der Waals surface area contributed by atoms with Gasteiger partial charge in [-0.2, -0.15) is 5.10 Å². The van der Waals surface area contributed by atoms with E-state index in [1.807, 2.05) is 41.0 Å². The number of hydrazone groups is 1. The SMILES string of the molecule is CCN(C(=O)[C@@H]1CCN(CC(=O)N2CC=C(c3ccc(C(N)=NC=NC)cc3)CC2)C1)c1ccc(N)c(C(=N)C(=N)/C=N\NC)n1. The molecule has 1 saturated heterocycles. The van der Waals surface area contributed by atoms with Crippen LogP contribution in [0.2, 0.25) is 0 Å². The van der Waals surface area contributed by atoms with E-state index in [-0.39, 0.29) is 47.1 Å². The highest BCUT2D eigenvalue weighted by Gasteiger charge is 2.34. The lowest BCUT2D eigenvalue weighted by molar-refractivity contribution is -0.132. The summed E-state index contributed by atoms with van der Waals surface area (Å²) in [5.41, 5.74) is 17.7. The maximum atomic E-state index is 13.6. The highest BCUT2D eigenvalue weighted by Crippen LogP contribution is 2.26. The standard InChI is InChI=1S/C32H42N12O2/c1-4-44(27-10-9-25(33)30(41-27)29(35)26(34)17-40-38-3)32(46)24-11-14-42(18-24)19-28(45)43-15-12-22(13-16-43)21-5-7-23(8-6-21)31(36)39-20-37-2/h5-10,12,17,20,24,34-35,38H,4,11,13-16,18-19,33H2,1-3H3,(H2,36,37,39)/b34-26?,35-29?,40-17-/t24-/m1/s1. The lowest BCUT2D eigenvalue weighted by Gasteiger charge is -2.29. The van der Waals surface area contributed by atoms with Crippen molar-refractivity contribution in [2.75, 3.05) is 64.0 Å². The lowest BCUT2D eigenvalue weighted by atomic mass is 9.98. The Bertz CT molecular complexity index is 1580. The monoisotopic (exact) mass is 626 g/mol. The summed E-state index contributed by atoms with van der Waals surface area (Å²) >= 11 is 0. The molecule has 14 nitrogen and oxygen atoms in total. The Hall–Kier alpha value is -5.24. The van der Waals surface area contributed by atoms with Crippen LogP contribution >= 0.6 is 0 Å². The van der Waals surface area contributed by atoms with Crippen molar-refractivity contribution in [3.05, 3.63) is 59.3 Å². The molecule has 1 fully saturated rings. The van der Waals surface area contributed by atoms with E-state index in [0.29, 0.717) is 50.8 Å². The molecular weight excluding hydrogens is 584 g/mol. The van der Waals surface area contributed by atoms with Gasteiger partial charge < -0.3 is 21.8 Å². The maximum Gasteiger partial charge on any atom is 0.237 e. The first-order valence-electron chi connectivity index (χ1n) is 15.2. The number of amidine groups is 1. The van der Waals surface area contributed by atoms with Crippen molar-refractivity contribution < 1.29 is 9.59 Å². The van der Waals surface area contributed by atoms with Gasteiger partial charge in [-0.05, 0) is 49.6 Å². The number of nitrogens with zero attached hydrogens (tertiary/aromatic N) is 7. The minimum absolute atomic E-state index is 0.0419. The van der Waals surface area contributed by atoms with Crippen molar-refractivity contribution in [3.63, 3.8) is 0 Å². The number of aliphatic imine (C=N–C) groups is 2. The number of aromatic nitrogens is 1. The molecule has 4 rings (SSSR count). The zero-order chi connectivity index (χ0) is 33.2. The fraction of sp³-hybridized carbons (Fsp3) is 0.375. The summed E-state index contributed by atoms with van der Waals surface area (Å²) in [6.07, 6.45) is 6.09. The van der Waals surface area contributed by atoms with Crippen LogP contribution in [-0.2, 0) is 9.59 Å². The first-order chi connectivity index (χ1) is 22.2. The molecule has 0 spiro atoms. The number of carbonyl (C=O) groups excluding carboxylic acids is 2. The van der Waals surface area contributed by atoms with Crippen LogP contribution < -0.4 is 21.8 Å². The van der Waals surface area contributed by atoms with Crippen molar-refractivity contribution in [1.29, 1.82) is 10.8 Å². The zero-order valence-electron chi connectivity index (χ0n) is 26.5. The summed E-state index contributed by atoms with van der Waals surface area (Å²) in [6, 6.07) is 11.1. The van der Waals surface area contributed by atoms with Gasteiger partial charge in [0.2, 0.25) is 11.8 Å². The van der Waals surface area contributed by atoms with Gasteiger partial charge in [-0.3, -0.25) is 35.2 Å². The summed E-state index contributed by atoms with van der Waals surface area (Å²) in [5.74, 6) is 0.423. The first kappa shape index (κ1) is 33.6. The number of likely N-dealkylation sites (tertiary alicyclic amines) is 1. The summed E-state index contributed by atoms with van der Waals surface area (Å²) in [4.78, 5) is 44.7. The average molecular weight is 627 g/mol. The molecule has 46 heavy (non-hydrogen) atoms. The fourth-order valence-corrected chi connectivity index (χ4v) is 5.46. The van der Waals surface area contributed by atoms with Crippen molar-refractivity contribution in [3.8, 4) is 0 Å². The van der Waals surface area contributed by atoms with Gasteiger partial charge in [0.1, 0.15) is 35.1 Å². The van der Waals surface area contributed by atoms with E-state index in [4.69, 9.17) is 22.3 Å². The van der Waals surface area contributed by atoms with Crippen LogP contribution in [0.15, 0.2) is 57.6 Å². The molecule has 2 aromatic rings. The Morgan fingerprint density at radius 3 is 2.59 bits per heavy atom. The molecule has 0 aliphatic carbocycles. The molecule has 2 amide bonds. The summed E-state index contributed by atoms with van der Waals surface area (Å²) in [7, 11) is 3.23. The van der Waals surface area contributed by atoms with Gasteiger partial charge >= 0.3 is 0 Å². The largest absolute Gasteiger partial charge is 0.397 e. The van der Waals surface area contributed by atoms with Gasteiger partial charge in [-0.15, -0.1) is 0 Å². The fourth-order valence-electron chi connectivity index (χ4n) is 5.46. The smallest absolute Gasteiger partial charge is 0.237 e.